The lowest BCUT2D eigenvalue weighted by molar-refractivity contribution is 0.0996. The summed E-state index contributed by atoms with van der Waals surface area (Å²) in [5.74, 6) is 0.452. The van der Waals surface area contributed by atoms with Gasteiger partial charge in [-0.15, -0.1) is 0 Å². The Balaban J connectivity index is 1.42. The molecule has 3 heterocycles. The minimum absolute atomic E-state index is 0.296. The third kappa shape index (κ3) is 4.16. The van der Waals surface area contributed by atoms with Gasteiger partial charge in [0.1, 0.15) is 0 Å². The second kappa shape index (κ2) is 8.55. The molecular weight excluding hydrogens is 414 g/mol. The highest BCUT2D eigenvalue weighted by Crippen LogP contribution is 2.28. The number of rotatable bonds is 5. The molecular formula is C26H21N5O2. The lowest BCUT2D eigenvalue weighted by Gasteiger charge is -2.12. The maximum Gasteiger partial charge on any atom is 0.291 e. The second-order valence-corrected chi connectivity index (χ2v) is 7.72. The third-order valence-corrected chi connectivity index (χ3v) is 5.41. The molecule has 5 aromatic rings. The molecule has 0 unspecified atom stereocenters. The van der Waals surface area contributed by atoms with Gasteiger partial charge >= 0.3 is 0 Å². The Morgan fingerprint density at radius 1 is 0.970 bits per heavy atom. The van der Waals surface area contributed by atoms with Crippen LogP contribution in [0.25, 0.3) is 22.0 Å². The molecule has 0 fully saturated rings. The van der Waals surface area contributed by atoms with Crippen molar-refractivity contribution in [3.05, 3.63) is 96.3 Å². The maximum absolute atomic E-state index is 12.5. The fourth-order valence-electron chi connectivity index (χ4n) is 3.64. The fourth-order valence-corrected chi connectivity index (χ4v) is 3.64. The van der Waals surface area contributed by atoms with E-state index in [4.69, 9.17) is 9.40 Å². The van der Waals surface area contributed by atoms with Gasteiger partial charge in [-0.25, -0.2) is 9.97 Å². The van der Waals surface area contributed by atoms with E-state index in [-0.39, 0.29) is 5.91 Å². The van der Waals surface area contributed by atoms with Crippen LogP contribution < -0.4 is 10.6 Å². The van der Waals surface area contributed by atoms with Crippen molar-refractivity contribution in [3.8, 4) is 11.3 Å². The van der Waals surface area contributed by atoms with E-state index in [1.165, 1.54) is 6.26 Å². The van der Waals surface area contributed by atoms with Crippen molar-refractivity contribution in [2.45, 2.75) is 13.8 Å². The lowest BCUT2D eigenvalue weighted by atomic mass is 10.1. The molecule has 0 radical (unpaired) electrons. The molecule has 0 saturated carbocycles. The predicted molar refractivity (Wildman–Crippen MR) is 129 cm³/mol. The van der Waals surface area contributed by atoms with E-state index in [2.05, 4.69) is 26.7 Å². The Labute approximate surface area is 190 Å². The number of aromatic nitrogens is 3. The average molecular weight is 435 g/mol. The zero-order valence-corrected chi connectivity index (χ0v) is 18.2. The van der Waals surface area contributed by atoms with Crippen LogP contribution in [0, 0.1) is 13.8 Å². The molecule has 2 N–H and O–H groups in total. The van der Waals surface area contributed by atoms with E-state index < -0.39 is 0 Å². The molecule has 7 nitrogen and oxygen atoms in total. The molecule has 0 atom stereocenters. The quantitative estimate of drug-likeness (QED) is 0.357. The highest BCUT2D eigenvalue weighted by molar-refractivity contribution is 6.03. The van der Waals surface area contributed by atoms with E-state index in [0.29, 0.717) is 17.4 Å². The van der Waals surface area contributed by atoms with Crippen molar-refractivity contribution in [2.75, 3.05) is 10.6 Å². The number of fused-ring (bicyclic) bond motifs is 1. The van der Waals surface area contributed by atoms with Gasteiger partial charge in [0.05, 0.1) is 12.0 Å². The zero-order chi connectivity index (χ0) is 22.8. The molecule has 162 valence electrons. The van der Waals surface area contributed by atoms with Gasteiger partial charge in [-0.05, 0) is 49.1 Å². The van der Waals surface area contributed by atoms with E-state index in [0.717, 1.165) is 38.8 Å². The molecule has 1 amide bonds. The van der Waals surface area contributed by atoms with Crippen molar-refractivity contribution in [3.63, 3.8) is 0 Å². The number of aryl methyl sites for hydroxylation is 2. The summed E-state index contributed by atoms with van der Waals surface area (Å²) in [5, 5.41) is 8.27. The summed E-state index contributed by atoms with van der Waals surface area (Å²) < 4.78 is 5.28. The van der Waals surface area contributed by atoms with Crippen LogP contribution in [-0.2, 0) is 0 Å². The molecule has 0 aliphatic carbocycles. The van der Waals surface area contributed by atoms with Gasteiger partial charge in [0.25, 0.3) is 5.91 Å². The number of amides is 1. The molecule has 0 aliphatic heterocycles. The van der Waals surface area contributed by atoms with E-state index in [9.17, 15) is 4.79 Å². The van der Waals surface area contributed by atoms with Crippen LogP contribution in [0.2, 0.25) is 0 Å². The van der Waals surface area contributed by atoms with Crippen molar-refractivity contribution in [2.24, 2.45) is 0 Å². The Hall–Kier alpha value is -4.52. The van der Waals surface area contributed by atoms with Crippen LogP contribution in [-0.4, -0.2) is 20.9 Å². The second-order valence-electron chi connectivity index (χ2n) is 7.72. The monoisotopic (exact) mass is 435 g/mol. The Morgan fingerprint density at radius 3 is 2.70 bits per heavy atom. The van der Waals surface area contributed by atoms with Gasteiger partial charge < -0.3 is 15.1 Å². The first-order valence-corrected chi connectivity index (χ1v) is 10.5. The van der Waals surface area contributed by atoms with Crippen LogP contribution in [0.4, 0.5) is 17.3 Å². The minimum atomic E-state index is -0.297. The summed E-state index contributed by atoms with van der Waals surface area (Å²) in [4.78, 5) is 25.9. The van der Waals surface area contributed by atoms with Crippen molar-refractivity contribution in [1.82, 2.24) is 15.0 Å². The van der Waals surface area contributed by atoms with Crippen LogP contribution in [0.15, 0.2) is 83.9 Å². The Morgan fingerprint density at radius 2 is 1.85 bits per heavy atom. The van der Waals surface area contributed by atoms with Gasteiger partial charge in [-0.1, -0.05) is 30.3 Å². The topological polar surface area (TPSA) is 92.9 Å². The summed E-state index contributed by atoms with van der Waals surface area (Å²) in [6.07, 6.45) is 6.87. The number of carbonyl (C=O) groups is 1. The van der Waals surface area contributed by atoms with Gasteiger partial charge in [0.2, 0.25) is 5.95 Å². The standard InChI is InChI=1S/C26H21N5O2/c1-16-7-8-19(29-25(32)24-17(2)10-12-33-24)13-23(16)31-26-28-11-9-22(30-26)21-15-27-14-18-5-3-4-6-20(18)21/h3-15H,1-2H3,(H,29,32)(H,28,30,31). The normalized spacial score (nSPS) is 10.8. The number of pyridine rings is 1. The van der Waals surface area contributed by atoms with E-state index in [1.807, 2.05) is 68.7 Å². The van der Waals surface area contributed by atoms with Gasteiger partial charge in [0.15, 0.2) is 5.76 Å². The number of carbonyl (C=O) groups excluding carboxylic acids is 1. The first-order chi connectivity index (χ1) is 16.1. The number of furan rings is 1. The number of nitrogens with zero attached hydrogens (tertiary/aromatic N) is 3. The summed E-state index contributed by atoms with van der Waals surface area (Å²) in [7, 11) is 0. The summed E-state index contributed by atoms with van der Waals surface area (Å²) in [6.45, 7) is 3.80. The molecule has 0 spiro atoms. The number of hydrogen-bond acceptors (Lipinski definition) is 6. The van der Waals surface area contributed by atoms with Crippen LogP contribution in [0.3, 0.4) is 0 Å². The third-order valence-electron chi connectivity index (χ3n) is 5.41. The molecule has 2 aromatic carbocycles. The predicted octanol–water partition coefficient (Wildman–Crippen LogP) is 5.90. The maximum atomic E-state index is 12.5. The summed E-state index contributed by atoms with van der Waals surface area (Å²) in [5.41, 5.74) is 4.90. The Kier molecular flexibility index (Phi) is 5.28. The van der Waals surface area contributed by atoms with E-state index in [1.54, 1.807) is 12.3 Å². The van der Waals surface area contributed by atoms with E-state index >= 15 is 0 Å². The zero-order valence-electron chi connectivity index (χ0n) is 18.2. The molecule has 5 rings (SSSR count). The molecule has 0 saturated heterocycles. The van der Waals surface area contributed by atoms with Crippen LogP contribution in [0.5, 0.6) is 0 Å². The first-order valence-electron chi connectivity index (χ1n) is 10.5. The summed E-state index contributed by atoms with van der Waals surface area (Å²) in [6, 6.07) is 17.3. The number of benzene rings is 2. The van der Waals surface area contributed by atoms with Gasteiger partial charge in [-0.2, -0.15) is 0 Å². The summed E-state index contributed by atoms with van der Waals surface area (Å²) >= 11 is 0. The number of hydrogen-bond donors (Lipinski definition) is 2. The largest absolute Gasteiger partial charge is 0.459 e. The van der Waals surface area contributed by atoms with Gasteiger partial charge in [-0.3, -0.25) is 9.78 Å². The molecule has 0 bridgehead atoms. The van der Waals surface area contributed by atoms with Crippen molar-refractivity contribution in [1.29, 1.82) is 0 Å². The minimum Gasteiger partial charge on any atom is -0.459 e. The fraction of sp³-hybridized carbons (Fsp3) is 0.0769. The highest BCUT2D eigenvalue weighted by Gasteiger charge is 2.14. The Bertz CT molecular complexity index is 1470. The first kappa shape index (κ1) is 20.4. The lowest BCUT2D eigenvalue weighted by Crippen LogP contribution is -2.12. The SMILES string of the molecule is Cc1ccc(NC(=O)c2occc2C)cc1Nc1nccc(-c2cncc3ccccc23)n1. The number of nitrogens with one attached hydrogen (secondary N) is 2. The smallest absolute Gasteiger partial charge is 0.291 e. The molecule has 0 aliphatic rings. The molecule has 3 aromatic heterocycles. The van der Waals surface area contributed by atoms with Gasteiger partial charge in [0, 0.05) is 46.5 Å². The number of anilines is 3. The van der Waals surface area contributed by atoms with Crippen molar-refractivity contribution >= 4 is 34.0 Å². The van der Waals surface area contributed by atoms with Crippen LogP contribution >= 0.6 is 0 Å². The highest BCUT2D eigenvalue weighted by atomic mass is 16.3. The van der Waals surface area contributed by atoms with Crippen molar-refractivity contribution < 1.29 is 9.21 Å². The molecule has 7 heteroatoms. The molecule has 33 heavy (non-hydrogen) atoms. The average Bonchev–Trinajstić information content (AvgIpc) is 3.27. The van der Waals surface area contributed by atoms with Crippen LogP contribution in [0.1, 0.15) is 21.7 Å².